The monoisotopic (exact) mass is 187 g/mol. The molecule has 0 bridgehead atoms. The molecular weight excluding hydrogens is 184 g/mol. The summed E-state index contributed by atoms with van der Waals surface area (Å²) in [5.41, 5.74) is 0. The normalized spacial score (nSPS) is 0. The van der Waals surface area contributed by atoms with Crippen molar-refractivity contribution in [3.63, 3.8) is 0 Å². The zero-order valence-corrected chi connectivity index (χ0v) is 2.70. The minimum Gasteiger partial charge on any atom is 0 e. The van der Waals surface area contributed by atoms with Gasteiger partial charge in [-0.3, -0.25) is 0 Å². The molecule has 0 saturated carbocycles. The fourth-order valence-electron chi connectivity index (χ4n) is 0. The summed E-state index contributed by atoms with van der Waals surface area (Å²) in [6, 6.07) is 0. The molecule has 0 nitrogen and oxygen atoms in total. The molecule has 0 aromatic rings. The number of rotatable bonds is 0. The van der Waals surface area contributed by atoms with Crippen molar-refractivity contribution in [2.24, 2.45) is 0 Å². The summed E-state index contributed by atoms with van der Waals surface area (Å²) in [5, 5.41) is 0. The quantitative estimate of drug-likeness (QED) is 0.392. The molecule has 0 aromatic carbocycles. The SMILES string of the molecule is [CaH2].[Cu].[Fe].[MgH2]. The van der Waals surface area contributed by atoms with Gasteiger partial charge in [-0.05, 0) is 0 Å². The maximum Gasteiger partial charge on any atom is 0.316 e. The van der Waals surface area contributed by atoms with Gasteiger partial charge in [0.25, 0.3) is 0 Å². The predicted octanol–water partition coefficient (Wildman–Crippen LogP) is -1.84. The van der Waals surface area contributed by atoms with Crippen LogP contribution in [0.1, 0.15) is 0 Å². The van der Waals surface area contributed by atoms with Gasteiger partial charge >= 0.3 is 60.8 Å². The van der Waals surface area contributed by atoms with E-state index in [2.05, 4.69) is 0 Å². The standard InChI is InChI=1S/Ca.Cu.Fe.Mg.4H. The summed E-state index contributed by atoms with van der Waals surface area (Å²) in [5.74, 6) is 0. The molecule has 0 fully saturated rings. The van der Waals surface area contributed by atoms with E-state index in [9.17, 15) is 0 Å². The topological polar surface area (TPSA) is 0 Å². The van der Waals surface area contributed by atoms with Crippen LogP contribution in [0.3, 0.4) is 0 Å². The van der Waals surface area contributed by atoms with Gasteiger partial charge in [-0.25, -0.2) is 0 Å². The molecule has 0 spiro atoms. The zero-order valence-electron chi connectivity index (χ0n) is 0.655. The van der Waals surface area contributed by atoms with Crippen LogP contribution in [0.5, 0.6) is 0 Å². The van der Waals surface area contributed by atoms with E-state index in [0.717, 1.165) is 0 Å². The Hall–Kier alpha value is 3.06. The number of hydrogen-bond donors (Lipinski definition) is 0. The molecule has 0 atom stereocenters. The Balaban J connectivity index is 0. The van der Waals surface area contributed by atoms with Gasteiger partial charge < -0.3 is 0 Å². The van der Waals surface area contributed by atoms with Crippen LogP contribution in [0.2, 0.25) is 0 Å². The zero-order chi connectivity index (χ0) is 0. The predicted molar refractivity (Wildman–Crippen MR) is 17.1 cm³/mol. The summed E-state index contributed by atoms with van der Waals surface area (Å²) in [7, 11) is 0. The fraction of sp³-hybridized carbons (Fsp3) is 0. The average molecular weight is 188 g/mol. The molecule has 0 aromatic heterocycles. The number of hydrogen-bond acceptors (Lipinski definition) is 0. The summed E-state index contributed by atoms with van der Waals surface area (Å²) in [6.45, 7) is 0. The molecule has 1 radical (unpaired) electrons. The van der Waals surface area contributed by atoms with Gasteiger partial charge in [0, 0.05) is 34.1 Å². The molecule has 0 amide bonds. The Labute approximate surface area is 92.9 Å². The second-order valence-electron chi connectivity index (χ2n) is 0. The van der Waals surface area contributed by atoms with Crippen molar-refractivity contribution in [2.45, 2.75) is 0 Å². The van der Waals surface area contributed by atoms with Gasteiger partial charge in [-0.15, -0.1) is 0 Å². The smallest absolute Gasteiger partial charge is 0 e. The largest absolute Gasteiger partial charge is 0.316 e. The van der Waals surface area contributed by atoms with E-state index < -0.39 is 0 Å². The van der Waals surface area contributed by atoms with Crippen molar-refractivity contribution < 1.29 is 34.1 Å². The third-order valence-corrected chi connectivity index (χ3v) is 0. The Kier molecular flexibility index (Phi) is 115. The van der Waals surface area contributed by atoms with E-state index in [4.69, 9.17) is 0 Å². The van der Waals surface area contributed by atoms with Gasteiger partial charge in [0.15, 0.2) is 0 Å². The molecular formula is H4CaCuFeMg. The van der Waals surface area contributed by atoms with Gasteiger partial charge in [0.1, 0.15) is 0 Å². The van der Waals surface area contributed by atoms with Gasteiger partial charge in [-0.1, -0.05) is 0 Å². The van der Waals surface area contributed by atoms with E-state index in [1.807, 2.05) is 0 Å². The van der Waals surface area contributed by atoms with Crippen molar-refractivity contribution in [1.29, 1.82) is 0 Å². The summed E-state index contributed by atoms with van der Waals surface area (Å²) in [4.78, 5) is 0. The van der Waals surface area contributed by atoms with Crippen LogP contribution < -0.4 is 0 Å². The first kappa shape index (κ1) is 27.7. The van der Waals surface area contributed by atoms with Crippen molar-refractivity contribution in [3.8, 4) is 0 Å². The molecule has 0 heterocycles. The molecule has 0 saturated heterocycles. The van der Waals surface area contributed by atoms with Crippen LogP contribution in [-0.4, -0.2) is 60.8 Å². The Morgan fingerprint density at radius 2 is 1.00 bits per heavy atom. The molecule has 0 aliphatic rings. The summed E-state index contributed by atoms with van der Waals surface area (Å²) in [6.07, 6.45) is 0. The molecule has 0 N–H and O–H groups in total. The first-order chi connectivity index (χ1) is 0. The Morgan fingerprint density at radius 3 is 1.00 bits per heavy atom. The van der Waals surface area contributed by atoms with Gasteiger partial charge in [0.05, 0.1) is 0 Å². The molecule has 4 heteroatoms. The van der Waals surface area contributed by atoms with Gasteiger partial charge in [-0.2, -0.15) is 0 Å². The Morgan fingerprint density at radius 1 is 1.00 bits per heavy atom. The van der Waals surface area contributed by atoms with Crippen LogP contribution in [-0.2, 0) is 34.1 Å². The van der Waals surface area contributed by atoms with E-state index in [0.29, 0.717) is 0 Å². The van der Waals surface area contributed by atoms with Crippen LogP contribution in [0, 0.1) is 0 Å². The first-order valence-electron chi connectivity index (χ1n) is 0. The molecule has 0 rings (SSSR count). The molecule has 27 valence electrons. The summed E-state index contributed by atoms with van der Waals surface area (Å²) >= 11 is 0. The second-order valence-corrected chi connectivity index (χ2v) is 0. The van der Waals surface area contributed by atoms with Crippen LogP contribution in [0.25, 0.3) is 0 Å². The minimum atomic E-state index is 0. The van der Waals surface area contributed by atoms with Crippen LogP contribution in [0.4, 0.5) is 0 Å². The van der Waals surface area contributed by atoms with E-state index in [-0.39, 0.29) is 94.9 Å². The maximum atomic E-state index is 0. The third-order valence-electron chi connectivity index (χ3n) is 0. The molecule has 0 unspecified atom stereocenters. The van der Waals surface area contributed by atoms with Crippen molar-refractivity contribution in [1.82, 2.24) is 0 Å². The first-order valence-corrected chi connectivity index (χ1v) is 0. The molecule has 4 heavy (non-hydrogen) atoms. The average Bonchev–Trinajstić information content (AvgIpc) is 0. The van der Waals surface area contributed by atoms with Gasteiger partial charge in [0.2, 0.25) is 0 Å². The molecule has 0 aliphatic carbocycles. The minimum absolute atomic E-state index is 0. The van der Waals surface area contributed by atoms with Crippen LogP contribution >= 0.6 is 0 Å². The van der Waals surface area contributed by atoms with Crippen molar-refractivity contribution >= 4 is 60.8 Å². The third kappa shape index (κ3) is 8.91. The molecule has 0 aliphatic heterocycles. The fourth-order valence-corrected chi connectivity index (χ4v) is 0. The van der Waals surface area contributed by atoms with E-state index in [1.165, 1.54) is 0 Å². The van der Waals surface area contributed by atoms with Crippen LogP contribution in [0.15, 0.2) is 0 Å². The maximum absolute atomic E-state index is 0. The van der Waals surface area contributed by atoms with Crippen molar-refractivity contribution in [3.05, 3.63) is 0 Å². The van der Waals surface area contributed by atoms with E-state index >= 15 is 0 Å². The van der Waals surface area contributed by atoms with Crippen molar-refractivity contribution in [2.75, 3.05) is 0 Å². The van der Waals surface area contributed by atoms with E-state index in [1.54, 1.807) is 0 Å². The second kappa shape index (κ2) is 16.6. The Bertz CT molecular complexity index is 8.00. The summed E-state index contributed by atoms with van der Waals surface area (Å²) < 4.78 is 0.